The van der Waals surface area contributed by atoms with Crippen LogP contribution in [0.1, 0.15) is 73.4 Å². The minimum Gasteiger partial charge on any atom is -0.313 e. The Bertz CT molecular complexity index is 3120. The molecule has 1 heteroatoms. The largest absolute Gasteiger partial charge is 0.313 e. The normalized spacial score (nSPS) is 17.4. The van der Waals surface area contributed by atoms with Crippen molar-refractivity contribution in [3.05, 3.63) is 221 Å². The van der Waals surface area contributed by atoms with Gasteiger partial charge in [0.2, 0.25) is 0 Å². The molecule has 4 aliphatic rings. The molecule has 3 aliphatic carbocycles. The predicted molar refractivity (Wildman–Crippen MR) is 248 cm³/mol. The highest BCUT2D eigenvalue weighted by atomic mass is 15.2. The van der Waals surface area contributed by atoms with Gasteiger partial charge in [-0.25, -0.2) is 0 Å². The van der Waals surface area contributed by atoms with Gasteiger partial charge in [0.1, 0.15) is 0 Å². The van der Waals surface area contributed by atoms with Crippen LogP contribution in [-0.4, -0.2) is 0 Å². The maximum absolute atomic E-state index is 2.50. The van der Waals surface area contributed by atoms with Gasteiger partial charge in [-0.2, -0.15) is 0 Å². The van der Waals surface area contributed by atoms with E-state index in [4.69, 9.17) is 0 Å². The zero-order chi connectivity index (χ0) is 39.6. The molecule has 1 atom stereocenters. The molecule has 0 spiro atoms. The van der Waals surface area contributed by atoms with Crippen LogP contribution < -0.4 is 4.90 Å². The number of allylic oxidation sites excluding steroid dienone is 4. The van der Waals surface area contributed by atoms with Crippen LogP contribution >= 0.6 is 0 Å². The van der Waals surface area contributed by atoms with E-state index in [1.807, 2.05) is 0 Å². The van der Waals surface area contributed by atoms with E-state index >= 15 is 0 Å². The summed E-state index contributed by atoms with van der Waals surface area (Å²) in [6.07, 6.45) is 5.73. The Morgan fingerprint density at radius 3 is 1.93 bits per heavy atom. The van der Waals surface area contributed by atoms with Crippen LogP contribution in [0.15, 0.2) is 188 Å². The van der Waals surface area contributed by atoms with Crippen LogP contribution in [0.3, 0.4) is 0 Å². The highest BCUT2D eigenvalue weighted by Gasteiger charge is 2.40. The fraction of sp³-hybridized carbons (Fsp3) is 0.138. The second kappa shape index (κ2) is 12.4. The maximum atomic E-state index is 2.50. The van der Waals surface area contributed by atoms with Gasteiger partial charge in [0.15, 0.2) is 0 Å². The van der Waals surface area contributed by atoms with E-state index in [9.17, 15) is 0 Å². The number of hydrogen-bond donors (Lipinski definition) is 0. The summed E-state index contributed by atoms with van der Waals surface area (Å²) >= 11 is 0. The number of hydrogen-bond acceptors (Lipinski definition) is 1. The number of nitrogens with zero attached hydrogens (tertiary/aromatic N) is 1. The first-order valence-electron chi connectivity index (χ1n) is 21.2. The quantitative estimate of drug-likeness (QED) is 0.173. The Morgan fingerprint density at radius 1 is 0.458 bits per heavy atom. The van der Waals surface area contributed by atoms with Crippen molar-refractivity contribution in [1.82, 2.24) is 0 Å². The molecule has 0 aromatic heterocycles. The minimum absolute atomic E-state index is 0.0645. The van der Waals surface area contributed by atoms with Crippen molar-refractivity contribution < 1.29 is 0 Å². The fourth-order valence-electron chi connectivity index (χ4n) is 11.4. The van der Waals surface area contributed by atoms with Crippen molar-refractivity contribution in [1.29, 1.82) is 0 Å². The fourth-order valence-corrected chi connectivity index (χ4v) is 11.4. The summed E-state index contributed by atoms with van der Waals surface area (Å²) in [5.74, 6) is 0.331. The van der Waals surface area contributed by atoms with Gasteiger partial charge in [-0.1, -0.05) is 179 Å². The summed E-state index contributed by atoms with van der Waals surface area (Å²) < 4.78 is 0. The Hall–Kier alpha value is -6.70. The molecule has 0 saturated carbocycles. The Morgan fingerprint density at radius 2 is 1.08 bits per heavy atom. The molecular weight excluding hydrogens is 711 g/mol. The van der Waals surface area contributed by atoms with E-state index in [0.717, 1.165) is 6.42 Å². The smallest absolute Gasteiger partial charge is 0.0497 e. The van der Waals surface area contributed by atoms with Crippen LogP contribution in [0.5, 0.6) is 0 Å². The average Bonchev–Trinajstić information content (AvgIpc) is 3.73. The van der Waals surface area contributed by atoms with Gasteiger partial charge in [-0.15, -0.1) is 0 Å². The van der Waals surface area contributed by atoms with Crippen LogP contribution in [0.4, 0.5) is 11.4 Å². The third-order valence-corrected chi connectivity index (χ3v) is 14.2. The zero-order valence-electron chi connectivity index (χ0n) is 34.1. The van der Waals surface area contributed by atoms with E-state index in [-0.39, 0.29) is 10.8 Å². The first-order valence-corrected chi connectivity index (χ1v) is 21.2. The van der Waals surface area contributed by atoms with Gasteiger partial charge < -0.3 is 4.90 Å². The monoisotopic (exact) mass is 755 g/mol. The molecule has 1 aliphatic heterocycles. The van der Waals surface area contributed by atoms with Crippen LogP contribution in [0.2, 0.25) is 0 Å². The van der Waals surface area contributed by atoms with Crippen LogP contribution in [-0.2, 0) is 10.8 Å². The minimum atomic E-state index is -0.157. The van der Waals surface area contributed by atoms with Gasteiger partial charge in [0.05, 0.1) is 0 Å². The first kappa shape index (κ1) is 34.4. The predicted octanol–water partition coefficient (Wildman–Crippen LogP) is 15.4. The molecule has 1 unspecified atom stereocenters. The molecule has 8 aromatic rings. The van der Waals surface area contributed by atoms with Crippen molar-refractivity contribution in [2.45, 2.75) is 50.9 Å². The molecular formula is C58H45N. The Balaban J connectivity index is 0.892. The number of anilines is 2. The highest BCUT2D eigenvalue weighted by Crippen LogP contribution is 2.56. The van der Waals surface area contributed by atoms with Crippen molar-refractivity contribution in [2.24, 2.45) is 0 Å². The first-order chi connectivity index (χ1) is 28.8. The molecule has 1 nitrogen and oxygen atoms in total. The van der Waals surface area contributed by atoms with Crippen molar-refractivity contribution in [2.75, 3.05) is 4.90 Å². The summed E-state index contributed by atoms with van der Waals surface area (Å²) in [4.78, 5) is 2.46. The SMILES string of the molecule is CC1(C)c2cc(C3=CC=C4C(C3)c3ccccc3N4c3ccccc3)ccc2-c2cccc(-c3ccc(-c4ccc5c6c(cccc46)C(C)(C)c4ccccc4-5)cc3)c21. The summed E-state index contributed by atoms with van der Waals surface area (Å²) in [6, 6.07) is 63.8. The van der Waals surface area contributed by atoms with E-state index in [1.165, 1.54) is 111 Å². The molecule has 0 amide bonds. The van der Waals surface area contributed by atoms with E-state index < -0.39 is 0 Å². The maximum Gasteiger partial charge on any atom is 0.0497 e. The summed E-state index contributed by atoms with van der Waals surface area (Å²) in [5, 5.41) is 2.72. The topological polar surface area (TPSA) is 3.24 Å². The second-order valence-electron chi connectivity index (χ2n) is 18.0. The van der Waals surface area contributed by atoms with Gasteiger partial charge in [-0.3, -0.25) is 0 Å². The molecule has 282 valence electrons. The lowest BCUT2D eigenvalue weighted by Gasteiger charge is -2.35. The Labute approximate surface area is 347 Å². The third kappa shape index (κ3) is 4.85. The van der Waals surface area contributed by atoms with Crippen molar-refractivity contribution in [3.63, 3.8) is 0 Å². The molecule has 0 N–H and O–H groups in total. The van der Waals surface area contributed by atoms with Gasteiger partial charge >= 0.3 is 0 Å². The molecule has 59 heavy (non-hydrogen) atoms. The van der Waals surface area contributed by atoms with Crippen molar-refractivity contribution in [3.8, 4) is 44.5 Å². The Kier molecular flexibility index (Phi) is 7.22. The van der Waals surface area contributed by atoms with E-state index in [0.29, 0.717) is 5.92 Å². The number of benzene rings is 8. The molecule has 0 fully saturated rings. The lowest BCUT2D eigenvalue weighted by Crippen LogP contribution is -2.23. The van der Waals surface area contributed by atoms with Crippen molar-refractivity contribution >= 4 is 27.7 Å². The molecule has 12 rings (SSSR count). The molecule has 8 aromatic carbocycles. The second-order valence-corrected chi connectivity index (χ2v) is 18.0. The number of para-hydroxylation sites is 2. The lowest BCUT2D eigenvalue weighted by atomic mass is 9.68. The van der Waals surface area contributed by atoms with Gasteiger partial charge in [0, 0.05) is 33.8 Å². The number of fused-ring (bicyclic) bond motifs is 8. The van der Waals surface area contributed by atoms with Gasteiger partial charge in [-0.05, 0) is 131 Å². The zero-order valence-corrected chi connectivity index (χ0v) is 34.1. The van der Waals surface area contributed by atoms with Gasteiger partial charge in [0.25, 0.3) is 0 Å². The molecule has 1 heterocycles. The standard InChI is InChI=1S/C58H45N/c1-57(2)50-21-10-8-16-43(50)47-32-31-41(46-19-13-22-51(57)55(46)47)36-24-26-37(27-25-36)42-18-12-20-48-44-30-28-39(35-52(44)58(3,4)56(42)48)38-29-33-54-49(34-38)45-17-9-11-23-53(45)59(54)40-14-6-5-7-15-40/h5-33,35,49H,34H2,1-4H3. The highest BCUT2D eigenvalue weighted by molar-refractivity contribution is 6.09. The number of rotatable bonds is 4. The molecule has 0 radical (unpaired) electrons. The third-order valence-electron chi connectivity index (χ3n) is 14.2. The summed E-state index contributed by atoms with van der Waals surface area (Å²) in [6.45, 7) is 9.59. The van der Waals surface area contributed by atoms with E-state index in [1.54, 1.807) is 0 Å². The molecule has 0 bridgehead atoms. The summed E-state index contributed by atoms with van der Waals surface area (Å²) in [7, 11) is 0. The van der Waals surface area contributed by atoms with Crippen LogP contribution in [0, 0.1) is 0 Å². The van der Waals surface area contributed by atoms with Crippen LogP contribution in [0.25, 0.3) is 60.9 Å². The van der Waals surface area contributed by atoms with E-state index in [2.05, 4.69) is 215 Å². The molecule has 0 saturated heterocycles. The summed E-state index contributed by atoms with van der Waals surface area (Å²) in [5.41, 5.74) is 24.0. The lowest BCUT2D eigenvalue weighted by molar-refractivity contribution is 0.645. The average molecular weight is 756 g/mol.